The van der Waals surface area contributed by atoms with Crippen molar-refractivity contribution in [3.8, 4) is 0 Å². The molecular weight excluding hydrogens is 234 g/mol. The molecule has 100 valence electrons. The highest BCUT2D eigenvalue weighted by Gasteiger charge is 2.37. The molecule has 3 rings (SSSR count). The molecular formula is C17H21NO. The smallest absolute Gasteiger partial charge is 0.0914 e. The van der Waals surface area contributed by atoms with Crippen LogP contribution in [0.1, 0.15) is 38.7 Å². The Morgan fingerprint density at radius 3 is 2.79 bits per heavy atom. The highest BCUT2D eigenvalue weighted by molar-refractivity contribution is 5.78. The van der Waals surface area contributed by atoms with Gasteiger partial charge in [-0.15, -0.1) is 0 Å². The minimum absolute atomic E-state index is 0.560. The van der Waals surface area contributed by atoms with Gasteiger partial charge >= 0.3 is 0 Å². The molecule has 0 spiro atoms. The molecule has 19 heavy (non-hydrogen) atoms. The van der Waals surface area contributed by atoms with E-state index in [9.17, 15) is 5.11 Å². The van der Waals surface area contributed by atoms with Crippen LogP contribution in [-0.2, 0) is 5.60 Å². The lowest BCUT2D eigenvalue weighted by atomic mass is 9.70. The second-order valence-corrected chi connectivity index (χ2v) is 6.15. The maximum atomic E-state index is 11.0. The molecule has 0 aliphatic heterocycles. The molecule has 1 aliphatic rings. The molecule has 2 nitrogen and oxygen atoms in total. The summed E-state index contributed by atoms with van der Waals surface area (Å²) in [6.45, 7) is 4.52. The minimum atomic E-state index is -0.692. The topological polar surface area (TPSA) is 33.1 Å². The van der Waals surface area contributed by atoms with Crippen molar-refractivity contribution in [2.45, 2.75) is 38.7 Å². The Labute approximate surface area is 114 Å². The molecule has 0 bridgehead atoms. The molecule has 1 aromatic carbocycles. The van der Waals surface area contributed by atoms with Gasteiger partial charge in [0.25, 0.3) is 0 Å². The van der Waals surface area contributed by atoms with Crippen molar-refractivity contribution in [2.75, 3.05) is 0 Å². The number of aliphatic hydroxyl groups is 1. The van der Waals surface area contributed by atoms with Gasteiger partial charge in [-0.3, -0.25) is 4.98 Å². The molecule has 1 heterocycles. The first-order chi connectivity index (χ1) is 9.08. The normalized spacial score (nSPS) is 31.5. The summed E-state index contributed by atoms with van der Waals surface area (Å²) in [5, 5.41) is 12.1. The van der Waals surface area contributed by atoms with E-state index in [0.29, 0.717) is 11.8 Å². The van der Waals surface area contributed by atoms with Gasteiger partial charge in [0.15, 0.2) is 0 Å². The zero-order valence-corrected chi connectivity index (χ0v) is 11.6. The van der Waals surface area contributed by atoms with Crippen LogP contribution in [0.5, 0.6) is 0 Å². The Hall–Kier alpha value is -1.41. The van der Waals surface area contributed by atoms with Gasteiger partial charge in [0.2, 0.25) is 0 Å². The van der Waals surface area contributed by atoms with Crippen LogP contribution in [0.4, 0.5) is 0 Å². The standard InChI is InChI=1S/C17H21NO/c1-12-7-8-17(19,10-13(12)2)15-9-14-5-3-4-6-16(14)18-11-15/h3-6,9,11-13,19H,7-8,10H2,1-2H3. The lowest BCUT2D eigenvalue weighted by Crippen LogP contribution is -2.35. The Morgan fingerprint density at radius 1 is 1.21 bits per heavy atom. The lowest BCUT2D eigenvalue weighted by molar-refractivity contribution is -0.0337. The number of hydrogen-bond donors (Lipinski definition) is 1. The molecule has 3 atom stereocenters. The number of para-hydroxylation sites is 1. The predicted octanol–water partition coefficient (Wildman–Crippen LogP) is 3.88. The molecule has 2 heteroatoms. The summed E-state index contributed by atoms with van der Waals surface area (Å²) >= 11 is 0. The third-order valence-corrected chi connectivity index (χ3v) is 4.77. The average molecular weight is 255 g/mol. The third kappa shape index (κ3) is 2.25. The summed E-state index contributed by atoms with van der Waals surface area (Å²) < 4.78 is 0. The molecule has 1 aromatic heterocycles. The van der Waals surface area contributed by atoms with Crippen LogP contribution in [0.3, 0.4) is 0 Å². The first-order valence-electron chi connectivity index (χ1n) is 7.16. The van der Waals surface area contributed by atoms with E-state index < -0.39 is 5.60 Å². The van der Waals surface area contributed by atoms with E-state index in [4.69, 9.17) is 0 Å². The number of nitrogens with zero attached hydrogens (tertiary/aromatic N) is 1. The number of benzene rings is 1. The highest BCUT2D eigenvalue weighted by atomic mass is 16.3. The van der Waals surface area contributed by atoms with Crippen LogP contribution in [0.15, 0.2) is 36.5 Å². The maximum absolute atomic E-state index is 11.0. The number of fused-ring (bicyclic) bond motifs is 1. The Balaban J connectivity index is 1.99. The predicted molar refractivity (Wildman–Crippen MR) is 77.8 cm³/mol. The molecule has 1 aliphatic carbocycles. The van der Waals surface area contributed by atoms with E-state index in [1.807, 2.05) is 24.4 Å². The summed E-state index contributed by atoms with van der Waals surface area (Å²) in [5.74, 6) is 1.26. The Morgan fingerprint density at radius 2 is 2.00 bits per heavy atom. The van der Waals surface area contributed by atoms with Crippen molar-refractivity contribution in [1.82, 2.24) is 4.98 Å². The molecule has 2 aromatic rings. The molecule has 0 amide bonds. The van der Waals surface area contributed by atoms with Gasteiger partial charge < -0.3 is 5.11 Å². The average Bonchev–Trinajstić information content (AvgIpc) is 2.43. The fraction of sp³-hybridized carbons (Fsp3) is 0.471. The maximum Gasteiger partial charge on any atom is 0.0914 e. The van der Waals surface area contributed by atoms with Gasteiger partial charge in [-0.05, 0) is 43.2 Å². The zero-order chi connectivity index (χ0) is 13.5. The van der Waals surface area contributed by atoms with Crippen LogP contribution in [0, 0.1) is 11.8 Å². The second kappa shape index (κ2) is 4.61. The van der Waals surface area contributed by atoms with Crippen molar-refractivity contribution >= 4 is 10.9 Å². The van der Waals surface area contributed by atoms with E-state index >= 15 is 0 Å². The summed E-state index contributed by atoms with van der Waals surface area (Å²) in [5.41, 5.74) is 1.28. The fourth-order valence-corrected chi connectivity index (χ4v) is 3.17. The SMILES string of the molecule is CC1CCC(O)(c2cnc3ccccc3c2)CC1C. The van der Waals surface area contributed by atoms with Crippen LogP contribution in [0.25, 0.3) is 10.9 Å². The molecule has 1 saturated carbocycles. The zero-order valence-electron chi connectivity index (χ0n) is 11.6. The van der Waals surface area contributed by atoms with E-state index in [2.05, 4.69) is 31.0 Å². The Kier molecular flexibility index (Phi) is 3.06. The monoisotopic (exact) mass is 255 g/mol. The molecule has 0 radical (unpaired) electrons. The Bertz CT molecular complexity index is 595. The number of hydrogen-bond acceptors (Lipinski definition) is 2. The van der Waals surface area contributed by atoms with Gasteiger partial charge in [-0.25, -0.2) is 0 Å². The first kappa shape index (κ1) is 12.6. The minimum Gasteiger partial charge on any atom is -0.385 e. The second-order valence-electron chi connectivity index (χ2n) is 6.15. The van der Waals surface area contributed by atoms with Crippen molar-refractivity contribution in [1.29, 1.82) is 0 Å². The third-order valence-electron chi connectivity index (χ3n) is 4.77. The number of aromatic nitrogens is 1. The van der Waals surface area contributed by atoms with Gasteiger partial charge in [-0.2, -0.15) is 0 Å². The van der Waals surface area contributed by atoms with Crippen LogP contribution in [0.2, 0.25) is 0 Å². The van der Waals surface area contributed by atoms with Crippen molar-refractivity contribution in [2.24, 2.45) is 11.8 Å². The number of pyridine rings is 1. The fourth-order valence-electron chi connectivity index (χ4n) is 3.17. The van der Waals surface area contributed by atoms with Crippen molar-refractivity contribution in [3.05, 3.63) is 42.1 Å². The van der Waals surface area contributed by atoms with E-state index in [0.717, 1.165) is 35.7 Å². The lowest BCUT2D eigenvalue weighted by Gasteiger charge is -2.39. The molecule has 3 unspecified atom stereocenters. The van der Waals surface area contributed by atoms with E-state index in [-0.39, 0.29) is 0 Å². The van der Waals surface area contributed by atoms with Crippen LogP contribution in [-0.4, -0.2) is 10.1 Å². The quantitative estimate of drug-likeness (QED) is 0.839. The molecule has 0 saturated heterocycles. The number of rotatable bonds is 1. The van der Waals surface area contributed by atoms with Crippen LogP contribution < -0.4 is 0 Å². The van der Waals surface area contributed by atoms with Crippen LogP contribution >= 0.6 is 0 Å². The van der Waals surface area contributed by atoms with Gasteiger partial charge in [-0.1, -0.05) is 32.0 Å². The van der Waals surface area contributed by atoms with Crippen molar-refractivity contribution < 1.29 is 5.11 Å². The van der Waals surface area contributed by atoms with Gasteiger partial charge in [0, 0.05) is 17.1 Å². The summed E-state index contributed by atoms with van der Waals surface area (Å²) in [4.78, 5) is 4.49. The molecule has 1 N–H and O–H groups in total. The summed E-state index contributed by atoms with van der Waals surface area (Å²) in [6.07, 6.45) is 4.63. The first-order valence-corrected chi connectivity index (χ1v) is 7.16. The van der Waals surface area contributed by atoms with E-state index in [1.54, 1.807) is 0 Å². The molecule has 1 fully saturated rings. The van der Waals surface area contributed by atoms with Crippen molar-refractivity contribution in [3.63, 3.8) is 0 Å². The van der Waals surface area contributed by atoms with Gasteiger partial charge in [0.1, 0.15) is 0 Å². The van der Waals surface area contributed by atoms with E-state index in [1.165, 1.54) is 0 Å². The largest absolute Gasteiger partial charge is 0.385 e. The van der Waals surface area contributed by atoms with Gasteiger partial charge in [0.05, 0.1) is 11.1 Å². The summed E-state index contributed by atoms with van der Waals surface area (Å²) in [6, 6.07) is 10.2. The summed E-state index contributed by atoms with van der Waals surface area (Å²) in [7, 11) is 0. The highest BCUT2D eigenvalue weighted by Crippen LogP contribution is 2.42.